The van der Waals surface area contributed by atoms with Gasteiger partial charge in [0.15, 0.2) is 11.6 Å². The number of halogens is 3. The summed E-state index contributed by atoms with van der Waals surface area (Å²) < 4.78 is 44.0. The molecule has 10 heteroatoms. The Kier molecular flexibility index (Phi) is 3.80. The molecule has 0 saturated carbocycles. The summed E-state index contributed by atoms with van der Waals surface area (Å²) in [4.78, 5) is 19.5. The van der Waals surface area contributed by atoms with Gasteiger partial charge >= 0.3 is 6.18 Å². The molecule has 0 bridgehead atoms. The standard InChI is InChI=1S/C14H10F3N5O2/c1-7-4-5-9(24-7)11-19-13(22-21-11)20-12(23)10-8(14(15,16)17)3-2-6-18-10/h2-6H,1H3,(H2,19,20,21,22,23). The molecule has 0 aliphatic heterocycles. The number of nitrogens with one attached hydrogen (secondary N) is 2. The summed E-state index contributed by atoms with van der Waals surface area (Å²) in [6.07, 6.45) is -3.60. The number of anilines is 1. The van der Waals surface area contributed by atoms with E-state index in [1.165, 1.54) is 0 Å². The van der Waals surface area contributed by atoms with E-state index in [0.717, 1.165) is 18.3 Å². The van der Waals surface area contributed by atoms with Crippen LogP contribution < -0.4 is 5.32 Å². The third kappa shape index (κ3) is 3.12. The Bertz CT molecular complexity index is 884. The molecule has 0 fully saturated rings. The van der Waals surface area contributed by atoms with Gasteiger partial charge in [-0.05, 0) is 31.2 Å². The van der Waals surface area contributed by atoms with Gasteiger partial charge in [0.05, 0.1) is 5.56 Å². The second kappa shape index (κ2) is 5.80. The molecule has 1 amide bonds. The fourth-order valence-corrected chi connectivity index (χ4v) is 1.97. The molecule has 3 heterocycles. The lowest BCUT2D eigenvalue weighted by molar-refractivity contribution is -0.138. The maximum absolute atomic E-state index is 12.9. The molecule has 24 heavy (non-hydrogen) atoms. The van der Waals surface area contributed by atoms with Gasteiger partial charge in [0, 0.05) is 6.20 Å². The van der Waals surface area contributed by atoms with E-state index in [1.54, 1.807) is 19.1 Å². The summed E-state index contributed by atoms with van der Waals surface area (Å²) in [5, 5.41) is 8.42. The number of hydrogen-bond donors (Lipinski definition) is 2. The van der Waals surface area contributed by atoms with Gasteiger partial charge in [0.2, 0.25) is 5.95 Å². The smallest absolute Gasteiger partial charge is 0.418 e. The van der Waals surface area contributed by atoms with E-state index < -0.39 is 23.3 Å². The van der Waals surface area contributed by atoms with Crippen molar-refractivity contribution in [1.82, 2.24) is 20.2 Å². The van der Waals surface area contributed by atoms with Crippen molar-refractivity contribution in [3.8, 4) is 11.6 Å². The van der Waals surface area contributed by atoms with Gasteiger partial charge in [0.25, 0.3) is 5.91 Å². The van der Waals surface area contributed by atoms with Crippen LogP contribution in [0.15, 0.2) is 34.9 Å². The Labute approximate surface area is 132 Å². The fraction of sp³-hybridized carbons (Fsp3) is 0.143. The van der Waals surface area contributed by atoms with Crippen molar-refractivity contribution in [2.45, 2.75) is 13.1 Å². The molecule has 0 saturated heterocycles. The molecule has 2 N–H and O–H groups in total. The number of alkyl halides is 3. The summed E-state index contributed by atoms with van der Waals surface area (Å²) in [6.45, 7) is 1.74. The minimum Gasteiger partial charge on any atom is -0.458 e. The number of aryl methyl sites for hydroxylation is 1. The predicted octanol–water partition coefficient (Wildman–Crippen LogP) is 3.04. The molecule has 3 aromatic heterocycles. The molecule has 3 rings (SSSR count). The highest BCUT2D eigenvalue weighted by Crippen LogP contribution is 2.31. The van der Waals surface area contributed by atoms with Crippen molar-refractivity contribution in [3.63, 3.8) is 0 Å². The Morgan fingerprint density at radius 3 is 2.75 bits per heavy atom. The molecule has 0 aromatic carbocycles. The molecule has 3 aromatic rings. The summed E-state index contributed by atoms with van der Waals surface area (Å²) >= 11 is 0. The van der Waals surface area contributed by atoms with E-state index in [4.69, 9.17) is 4.42 Å². The van der Waals surface area contributed by atoms with Crippen molar-refractivity contribution < 1.29 is 22.4 Å². The van der Waals surface area contributed by atoms with Crippen molar-refractivity contribution in [3.05, 3.63) is 47.5 Å². The highest BCUT2D eigenvalue weighted by atomic mass is 19.4. The van der Waals surface area contributed by atoms with Gasteiger partial charge in [0.1, 0.15) is 11.5 Å². The Hall–Kier alpha value is -3.17. The van der Waals surface area contributed by atoms with Crippen LogP contribution in [0.3, 0.4) is 0 Å². The summed E-state index contributed by atoms with van der Waals surface area (Å²) in [6, 6.07) is 5.22. The van der Waals surface area contributed by atoms with Crippen LogP contribution in [-0.2, 0) is 6.18 Å². The first kappa shape index (κ1) is 15.7. The maximum Gasteiger partial charge on any atom is 0.418 e. The molecule has 0 aliphatic carbocycles. The van der Waals surface area contributed by atoms with Gasteiger partial charge in [-0.3, -0.25) is 20.2 Å². The average Bonchev–Trinajstić information content (AvgIpc) is 3.15. The Morgan fingerprint density at radius 2 is 2.08 bits per heavy atom. The number of amides is 1. The lowest BCUT2D eigenvalue weighted by Crippen LogP contribution is -2.20. The third-order valence-electron chi connectivity index (χ3n) is 3.01. The van der Waals surface area contributed by atoms with E-state index in [9.17, 15) is 18.0 Å². The number of hydrogen-bond acceptors (Lipinski definition) is 5. The van der Waals surface area contributed by atoms with E-state index >= 15 is 0 Å². The molecular weight excluding hydrogens is 327 g/mol. The minimum atomic E-state index is -4.70. The van der Waals surface area contributed by atoms with Crippen molar-refractivity contribution in [2.75, 3.05) is 5.32 Å². The monoisotopic (exact) mass is 337 g/mol. The highest BCUT2D eigenvalue weighted by molar-refractivity contribution is 6.03. The summed E-state index contributed by atoms with van der Waals surface area (Å²) in [5.74, 6) is 0.00648. The van der Waals surface area contributed by atoms with E-state index in [-0.39, 0.29) is 11.8 Å². The number of carbonyl (C=O) groups excluding carboxylic acids is 1. The molecule has 0 radical (unpaired) electrons. The Morgan fingerprint density at radius 1 is 1.29 bits per heavy atom. The number of furan rings is 1. The lowest BCUT2D eigenvalue weighted by Gasteiger charge is -2.10. The number of aromatic amines is 1. The van der Waals surface area contributed by atoms with Crippen LogP contribution in [-0.4, -0.2) is 26.1 Å². The van der Waals surface area contributed by atoms with Crippen molar-refractivity contribution in [1.29, 1.82) is 0 Å². The number of pyridine rings is 1. The zero-order valence-electron chi connectivity index (χ0n) is 12.2. The highest BCUT2D eigenvalue weighted by Gasteiger charge is 2.36. The van der Waals surface area contributed by atoms with Crippen LogP contribution in [0.5, 0.6) is 0 Å². The number of aromatic nitrogens is 4. The molecule has 7 nitrogen and oxygen atoms in total. The average molecular weight is 337 g/mol. The first-order chi connectivity index (χ1) is 11.3. The van der Waals surface area contributed by atoms with Crippen LogP contribution >= 0.6 is 0 Å². The van der Waals surface area contributed by atoms with E-state index in [0.29, 0.717) is 11.5 Å². The topological polar surface area (TPSA) is 96.7 Å². The molecule has 124 valence electrons. The first-order valence-corrected chi connectivity index (χ1v) is 6.67. The Balaban J connectivity index is 1.83. The second-order valence-corrected chi connectivity index (χ2v) is 4.77. The van der Waals surface area contributed by atoms with Crippen LogP contribution in [0, 0.1) is 6.92 Å². The van der Waals surface area contributed by atoms with Crippen LogP contribution in [0.1, 0.15) is 21.8 Å². The molecular formula is C14H10F3N5O2. The fourth-order valence-electron chi connectivity index (χ4n) is 1.97. The lowest BCUT2D eigenvalue weighted by atomic mass is 10.2. The number of rotatable bonds is 3. The zero-order valence-corrected chi connectivity index (χ0v) is 12.2. The normalized spacial score (nSPS) is 11.5. The van der Waals surface area contributed by atoms with Crippen molar-refractivity contribution in [2.24, 2.45) is 0 Å². The number of nitrogens with zero attached hydrogens (tertiary/aromatic N) is 3. The molecule has 0 aliphatic rings. The third-order valence-corrected chi connectivity index (χ3v) is 3.01. The van der Waals surface area contributed by atoms with Gasteiger partial charge in [-0.25, -0.2) is 0 Å². The van der Waals surface area contributed by atoms with Crippen LogP contribution in [0.2, 0.25) is 0 Å². The summed E-state index contributed by atoms with van der Waals surface area (Å²) in [7, 11) is 0. The van der Waals surface area contributed by atoms with Crippen molar-refractivity contribution >= 4 is 11.9 Å². The molecule has 0 atom stereocenters. The predicted molar refractivity (Wildman–Crippen MR) is 76.0 cm³/mol. The number of H-pyrrole nitrogens is 1. The summed E-state index contributed by atoms with van der Waals surface area (Å²) in [5.41, 5.74) is -1.90. The molecule has 0 unspecified atom stereocenters. The largest absolute Gasteiger partial charge is 0.458 e. The van der Waals surface area contributed by atoms with Gasteiger partial charge < -0.3 is 4.42 Å². The van der Waals surface area contributed by atoms with Gasteiger partial charge in [-0.2, -0.15) is 18.2 Å². The van der Waals surface area contributed by atoms with Crippen LogP contribution in [0.25, 0.3) is 11.6 Å². The second-order valence-electron chi connectivity index (χ2n) is 4.77. The van der Waals surface area contributed by atoms with Gasteiger partial charge in [-0.15, -0.1) is 5.10 Å². The number of carbonyl (C=O) groups is 1. The maximum atomic E-state index is 12.9. The first-order valence-electron chi connectivity index (χ1n) is 6.67. The van der Waals surface area contributed by atoms with E-state index in [2.05, 4.69) is 25.5 Å². The molecule has 0 spiro atoms. The SMILES string of the molecule is Cc1ccc(-c2nc(NC(=O)c3ncccc3C(F)(F)F)n[nH]2)o1. The van der Waals surface area contributed by atoms with Crippen LogP contribution in [0.4, 0.5) is 19.1 Å². The van der Waals surface area contributed by atoms with E-state index in [1.807, 2.05) is 0 Å². The minimum absolute atomic E-state index is 0.192. The quantitative estimate of drug-likeness (QED) is 0.766. The van der Waals surface area contributed by atoms with Gasteiger partial charge in [-0.1, -0.05) is 0 Å². The zero-order chi connectivity index (χ0) is 17.3.